The molecule has 0 radical (unpaired) electrons. The summed E-state index contributed by atoms with van der Waals surface area (Å²) in [6.45, 7) is 4.35. The van der Waals surface area contributed by atoms with Crippen LogP contribution in [-0.2, 0) is 11.3 Å². The Morgan fingerprint density at radius 2 is 2.38 bits per heavy atom. The zero-order valence-corrected chi connectivity index (χ0v) is 9.53. The molecule has 0 saturated heterocycles. The Kier molecular flexibility index (Phi) is 2.90. The van der Waals surface area contributed by atoms with Gasteiger partial charge in [0.1, 0.15) is 5.65 Å². The Balaban J connectivity index is 2.20. The van der Waals surface area contributed by atoms with Gasteiger partial charge in [-0.2, -0.15) is 0 Å². The van der Waals surface area contributed by atoms with E-state index in [1.165, 1.54) is 0 Å². The fraction of sp³-hybridized carbons (Fsp3) is 0.333. The number of nitrogens with one attached hydrogen (secondary N) is 1. The number of hydrogen-bond donors (Lipinski definition) is 1. The van der Waals surface area contributed by atoms with Crippen molar-refractivity contribution in [2.24, 2.45) is 0 Å². The van der Waals surface area contributed by atoms with Crippen LogP contribution in [-0.4, -0.2) is 15.3 Å². The van der Waals surface area contributed by atoms with Crippen LogP contribution in [0.15, 0.2) is 24.5 Å². The Morgan fingerprint density at radius 1 is 1.56 bits per heavy atom. The average Bonchev–Trinajstić information content (AvgIpc) is 2.70. The maximum atomic E-state index is 11.1. The van der Waals surface area contributed by atoms with Gasteiger partial charge in [-0.1, -0.05) is 13.0 Å². The Bertz CT molecular complexity index is 516. The average molecular weight is 217 g/mol. The number of pyridine rings is 1. The summed E-state index contributed by atoms with van der Waals surface area (Å²) in [6, 6.07) is 4.01. The molecule has 0 atom stereocenters. The van der Waals surface area contributed by atoms with Gasteiger partial charge in [0.25, 0.3) is 0 Å². The van der Waals surface area contributed by atoms with Crippen molar-refractivity contribution in [1.82, 2.24) is 14.7 Å². The fourth-order valence-electron chi connectivity index (χ4n) is 1.60. The molecule has 0 aliphatic heterocycles. The van der Waals surface area contributed by atoms with Crippen molar-refractivity contribution < 1.29 is 4.79 Å². The van der Waals surface area contributed by atoms with E-state index in [9.17, 15) is 4.79 Å². The van der Waals surface area contributed by atoms with Crippen molar-refractivity contribution in [2.75, 3.05) is 0 Å². The number of hydrogen-bond acceptors (Lipinski definition) is 2. The van der Waals surface area contributed by atoms with Crippen molar-refractivity contribution >= 4 is 11.6 Å². The molecule has 0 aliphatic rings. The van der Waals surface area contributed by atoms with E-state index in [4.69, 9.17) is 0 Å². The summed E-state index contributed by atoms with van der Waals surface area (Å²) in [5, 5.41) is 2.81. The monoisotopic (exact) mass is 217 g/mol. The van der Waals surface area contributed by atoms with Gasteiger partial charge in [-0.05, 0) is 18.6 Å². The molecule has 1 amide bonds. The number of carbonyl (C=O) groups excluding carboxylic acids is 1. The topological polar surface area (TPSA) is 46.4 Å². The molecule has 0 spiro atoms. The predicted molar refractivity (Wildman–Crippen MR) is 62.1 cm³/mol. The van der Waals surface area contributed by atoms with E-state index >= 15 is 0 Å². The van der Waals surface area contributed by atoms with Crippen LogP contribution in [0.3, 0.4) is 0 Å². The highest BCUT2D eigenvalue weighted by molar-refractivity contribution is 5.75. The van der Waals surface area contributed by atoms with Crippen LogP contribution in [0.25, 0.3) is 5.65 Å². The number of carbonyl (C=O) groups is 1. The Morgan fingerprint density at radius 3 is 3.06 bits per heavy atom. The molecular weight excluding hydrogens is 202 g/mol. The van der Waals surface area contributed by atoms with Crippen LogP contribution in [0.5, 0.6) is 0 Å². The van der Waals surface area contributed by atoms with Gasteiger partial charge in [0.15, 0.2) is 0 Å². The van der Waals surface area contributed by atoms with Crippen molar-refractivity contribution in [3.05, 3.63) is 35.8 Å². The minimum atomic E-state index is 0.0498. The van der Waals surface area contributed by atoms with Crippen molar-refractivity contribution in [3.63, 3.8) is 0 Å². The minimum absolute atomic E-state index is 0.0498. The molecule has 16 heavy (non-hydrogen) atoms. The fourth-order valence-corrected chi connectivity index (χ4v) is 1.60. The molecule has 2 rings (SSSR count). The standard InChI is InChI=1S/C12H15N3O/c1-3-11(16)13-7-10-8-15-6-4-5-9(2)12(15)14-10/h4-6,8H,3,7H2,1-2H3,(H,13,16). The molecule has 1 N–H and O–H groups in total. The highest BCUT2D eigenvalue weighted by atomic mass is 16.1. The molecule has 4 nitrogen and oxygen atoms in total. The first-order valence-electron chi connectivity index (χ1n) is 5.40. The lowest BCUT2D eigenvalue weighted by atomic mass is 10.3. The number of fused-ring (bicyclic) bond motifs is 1. The largest absolute Gasteiger partial charge is 0.350 e. The summed E-state index contributed by atoms with van der Waals surface area (Å²) in [5.41, 5.74) is 2.97. The number of amides is 1. The van der Waals surface area contributed by atoms with Crippen molar-refractivity contribution in [3.8, 4) is 0 Å². The number of rotatable bonds is 3. The van der Waals surface area contributed by atoms with Gasteiger partial charge in [0.2, 0.25) is 5.91 Å². The van der Waals surface area contributed by atoms with E-state index in [-0.39, 0.29) is 5.91 Å². The Labute approximate surface area is 94.3 Å². The molecule has 2 aromatic rings. The molecule has 84 valence electrons. The molecule has 0 saturated carbocycles. The second kappa shape index (κ2) is 4.35. The molecule has 0 bridgehead atoms. The van der Waals surface area contributed by atoms with Gasteiger partial charge < -0.3 is 9.72 Å². The minimum Gasteiger partial charge on any atom is -0.350 e. The van der Waals surface area contributed by atoms with Crippen LogP contribution < -0.4 is 5.32 Å². The summed E-state index contributed by atoms with van der Waals surface area (Å²) in [5.74, 6) is 0.0498. The van der Waals surface area contributed by atoms with Crippen LogP contribution >= 0.6 is 0 Å². The van der Waals surface area contributed by atoms with Crippen molar-refractivity contribution in [2.45, 2.75) is 26.8 Å². The van der Waals surface area contributed by atoms with Crippen LogP contribution in [0.4, 0.5) is 0 Å². The molecule has 0 unspecified atom stereocenters. The molecule has 2 aromatic heterocycles. The van der Waals surface area contributed by atoms with Gasteiger partial charge >= 0.3 is 0 Å². The zero-order valence-electron chi connectivity index (χ0n) is 9.53. The molecule has 0 aromatic carbocycles. The lowest BCUT2D eigenvalue weighted by molar-refractivity contribution is -0.120. The van der Waals surface area contributed by atoms with Crippen molar-refractivity contribution in [1.29, 1.82) is 0 Å². The summed E-state index contributed by atoms with van der Waals surface area (Å²) >= 11 is 0. The van der Waals surface area contributed by atoms with E-state index < -0.39 is 0 Å². The lowest BCUT2D eigenvalue weighted by Crippen LogP contribution is -2.21. The Hall–Kier alpha value is -1.84. The van der Waals surface area contributed by atoms with E-state index in [2.05, 4.69) is 10.3 Å². The van der Waals surface area contributed by atoms with Crippen LogP contribution in [0, 0.1) is 6.92 Å². The van der Waals surface area contributed by atoms with Gasteiger partial charge in [-0.3, -0.25) is 4.79 Å². The lowest BCUT2D eigenvalue weighted by Gasteiger charge is -1.98. The second-order valence-corrected chi connectivity index (χ2v) is 3.78. The predicted octanol–water partition coefficient (Wildman–Crippen LogP) is 1.67. The van der Waals surface area contributed by atoms with Gasteiger partial charge in [0.05, 0.1) is 12.2 Å². The molecule has 0 fully saturated rings. The molecule has 2 heterocycles. The first kappa shape index (κ1) is 10.7. The van der Waals surface area contributed by atoms with E-state index in [0.29, 0.717) is 13.0 Å². The summed E-state index contributed by atoms with van der Waals surface area (Å²) in [4.78, 5) is 15.6. The molecule has 4 heteroatoms. The zero-order chi connectivity index (χ0) is 11.5. The summed E-state index contributed by atoms with van der Waals surface area (Å²) in [6.07, 6.45) is 4.41. The number of aromatic nitrogens is 2. The first-order chi connectivity index (χ1) is 7.70. The van der Waals surface area contributed by atoms with Gasteiger partial charge in [-0.25, -0.2) is 4.98 Å². The highest BCUT2D eigenvalue weighted by Gasteiger charge is 2.04. The summed E-state index contributed by atoms with van der Waals surface area (Å²) < 4.78 is 1.97. The first-order valence-corrected chi connectivity index (χ1v) is 5.40. The van der Waals surface area contributed by atoms with E-state index in [0.717, 1.165) is 16.9 Å². The quantitative estimate of drug-likeness (QED) is 0.850. The molecular formula is C12H15N3O. The number of aryl methyl sites for hydroxylation is 1. The maximum absolute atomic E-state index is 11.1. The van der Waals surface area contributed by atoms with Gasteiger partial charge in [0, 0.05) is 18.8 Å². The SMILES string of the molecule is CCC(=O)NCc1cn2cccc(C)c2n1. The summed E-state index contributed by atoms with van der Waals surface area (Å²) in [7, 11) is 0. The third-order valence-electron chi connectivity index (χ3n) is 2.52. The number of nitrogens with zero attached hydrogens (tertiary/aromatic N) is 2. The number of imidazole rings is 1. The van der Waals surface area contributed by atoms with Crippen LogP contribution in [0.1, 0.15) is 24.6 Å². The van der Waals surface area contributed by atoms with Gasteiger partial charge in [-0.15, -0.1) is 0 Å². The highest BCUT2D eigenvalue weighted by Crippen LogP contribution is 2.09. The van der Waals surface area contributed by atoms with E-state index in [1.807, 2.05) is 42.8 Å². The van der Waals surface area contributed by atoms with Crippen LogP contribution in [0.2, 0.25) is 0 Å². The molecule has 0 aliphatic carbocycles. The third-order valence-corrected chi connectivity index (χ3v) is 2.52. The third kappa shape index (κ3) is 2.05. The normalized spacial score (nSPS) is 10.6. The van der Waals surface area contributed by atoms with E-state index in [1.54, 1.807) is 0 Å². The smallest absolute Gasteiger partial charge is 0.220 e. The second-order valence-electron chi connectivity index (χ2n) is 3.78. The maximum Gasteiger partial charge on any atom is 0.220 e.